The van der Waals surface area contributed by atoms with Crippen LogP contribution in [0.1, 0.15) is 56.3 Å². The minimum atomic E-state index is -3.81. The highest BCUT2D eigenvalue weighted by Crippen LogP contribution is 2.50. The number of aromatic nitrogens is 4. The van der Waals surface area contributed by atoms with Gasteiger partial charge in [-0.3, -0.25) is 0 Å². The van der Waals surface area contributed by atoms with Crippen LogP contribution in [0.3, 0.4) is 0 Å². The standard InChI is InChI=1S/C23H23ClF3N6O/c1-12(13-6-5-7-15(17(13)25)23(26,27)21(2,3)34)29-19-14-10-16(22(11-28)8-9-22)18(24)30-20(14)32-33(4)31-19/h5-7,10,12,34H,8-9H2,1-4H3,(H,29,30,31,32)/q+1/t12-/m1/s1. The van der Waals surface area contributed by atoms with E-state index in [1.165, 1.54) is 16.9 Å². The average molecular weight is 492 g/mol. The van der Waals surface area contributed by atoms with Crippen molar-refractivity contribution in [3.63, 3.8) is 0 Å². The number of aliphatic hydroxyl groups is 1. The number of hydrogen-bond acceptors (Lipinski definition) is 6. The Kier molecular flexibility index (Phi) is 5.69. The van der Waals surface area contributed by atoms with E-state index in [1.54, 1.807) is 20.0 Å². The first-order valence-corrected chi connectivity index (χ1v) is 11.0. The van der Waals surface area contributed by atoms with Gasteiger partial charge in [-0.1, -0.05) is 23.7 Å². The van der Waals surface area contributed by atoms with Crippen LogP contribution >= 0.6 is 11.6 Å². The summed E-state index contributed by atoms with van der Waals surface area (Å²) in [5, 5.41) is 31.7. The molecule has 0 saturated heterocycles. The van der Waals surface area contributed by atoms with Crippen molar-refractivity contribution in [2.24, 2.45) is 7.05 Å². The Morgan fingerprint density at radius 2 is 1.97 bits per heavy atom. The zero-order chi connectivity index (χ0) is 25.1. The van der Waals surface area contributed by atoms with Crippen molar-refractivity contribution in [3.05, 3.63) is 51.9 Å². The zero-order valence-corrected chi connectivity index (χ0v) is 19.8. The Labute approximate surface area is 199 Å². The van der Waals surface area contributed by atoms with Crippen LogP contribution in [-0.2, 0) is 18.4 Å². The second-order valence-corrected chi connectivity index (χ2v) is 9.50. The summed E-state index contributed by atoms with van der Waals surface area (Å²) in [6.07, 6.45) is 1.31. The highest BCUT2D eigenvalue weighted by atomic mass is 35.5. The molecule has 1 atom stereocenters. The third kappa shape index (κ3) is 3.93. The molecule has 2 aromatic heterocycles. The second kappa shape index (κ2) is 8.03. The maximum absolute atomic E-state index is 15.2. The lowest BCUT2D eigenvalue weighted by molar-refractivity contribution is -0.783. The van der Waals surface area contributed by atoms with E-state index in [-0.39, 0.29) is 22.2 Å². The van der Waals surface area contributed by atoms with Gasteiger partial charge in [-0.25, -0.2) is 9.37 Å². The summed E-state index contributed by atoms with van der Waals surface area (Å²) in [7, 11) is 1.57. The van der Waals surface area contributed by atoms with Gasteiger partial charge >= 0.3 is 5.92 Å². The van der Waals surface area contributed by atoms with Crippen LogP contribution < -0.4 is 10.1 Å². The molecule has 1 aliphatic rings. The number of nitriles is 1. The summed E-state index contributed by atoms with van der Waals surface area (Å²) in [6.45, 7) is 3.45. The summed E-state index contributed by atoms with van der Waals surface area (Å²) < 4.78 is 44.7. The van der Waals surface area contributed by atoms with Crippen molar-refractivity contribution in [1.29, 1.82) is 5.26 Å². The number of nitrogens with zero attached hydrogens (tertiary/aromatic N) is 5. The Morgan fingerprint density at radius 3 is 2.56 bits per heavy atom. The number of aryl methyl sites for hydroxylation is 1. The highest BCUT2D eigenvalue weighted by Gasteiger charge is 2.49. The predicted octanol–water partition coefficient (Wildman–Crippen LogP) is 4.23. The minimum Gasteiger partial charge on any atom is -0.384 e. The lowest BCUT2D eigenvalue weighted by atomic mass is 9.91. The number of nitrogens with one attached hydrogen (secondary N) is 1. The van der Waals surface area contributed by atoms with Gasteiger partial charge in [-0.15, -0.1) is 0 Å². The molecule has 0 unspecified atom stereocenters. The Bertz CT molecular complexity index is 1330. The van der Waals surface area contributed by atoms with Crippen molar-refractivity contribution < 1.29 is 23.1 Å². The lowest BCUT2D eigenvalue weighted by Crippen LogP contribution is -2.41. The van der Waals surface area contributed by atoms with E-state index in [0.717, 1.165) is 19.9 Å². The molecule has 3 aromatic rings. The topological polar surface area (TPSA) is 98.6 Å². The molecule has 7 nitrogen and oxygen atoms in total. The van der Waals surface area contributed by atoms with Gasteiger partial charge in [0.15, 0.2) is 7.05 Å². The van der Waals surface area contributed by atoms with E-state index in [0.29, 0.717) is 23.8 Å². The highest BCUT2D eigenvalue weighted by molar-refractivity contribution is 6.30. The van der Waals surface area contributed by atoms with Gasteiger partial charge in [0.1, 0.15) is 16.6 Å². The molecular weight excluding hydrogens is 469 g/mol. The van der Waals surface area contributed by atoms with Crippen LogP contribution in [0.5, 0.6) is 0 Å². The molecular formula is C23H23ClF3N6O+. The Morgan fingerprint density at radius 1 is 1.29 bits per heavy atom. The van der Waals surface area contributed by atoms with Crippen molar-refractivity contribution in [2.75, 3.05) is 5.32 Å². The quantitative estimate of drug-likeness (QED) is 0.395. The number of alkyl halides is 2. The normalized spacial score (nSPS) is 16.2. The molecule has 0 spiro atoms. The first-order chi connectivity index (χ1) is 15.8. The van der Waals surface area contributed by atoms with Crippen molar-refractivity contribution in [2.45, 2.75) is 56.6 Å². The molecule has 34 heavy (non-hydrogen) atoms. The third-order valence-corrected chi connectivity index (χ3v) is 6.42. The monoisotopic (exact) mass is 491 g/mol. The number of anilines is 1. The molecule has 0 bridgehead atoms. The van der Waals surface area contributed by atoms with Gasteiger partial charge in [0.05, 0.1) is 28.5 Å². The van der Waals surface area contributed by atoms with Gasteiger partial charge in [0.25, 0.3) is 0 Å². The fourth-order valence-electron chi connectivity index (χ4n) is 3.84. The van der Waals surface area contributed by atoms with E-state index in [1.807, 2.05) is 0 Å². The molecule has 1 aromatic carbocycles. The van der Waals surface area contributed by atoms with Crippen molar-refractivity contribution in [3.8, 4) is 6.07 Å². The van der Waals surface area contributed by atoms with Gasteiger partial charge in [0.2, 0.25) is 11.5 Å². The summed E-state index contributed by atoms with van der Waals surface area (Å²) in [5.74, 6) is -4.66. The molecule has 1 fully saturated rings. The summed E-state index contributed by atoms with van der Waals surface area (Å²) in [5.41, 5.74) is -3.27. The van der Waals surface area contributed by atoms with E-state index in [9.17, 15) is 19.1 Å². The number of benzene rings is 1. The first kappa shape index (κ1) is 24.1. The molecule has 2 N–H and O–H groups in total. The Balaban J connectivity index is 1.77. The molecule has 0 amide bonds. The van der Waals surface area contributed by atoms with Crippen LogP contribution in [-0.4, -0.2) is 25.9 Å². The van der Waals surface area contributed by atoms with Crippen molar-refractivity contribution >= 4 is 28.5 Å². The van der Waals surface area contributed by atoms with Crippen LogP contribution in [0.15, 0.2) is 24.3 Å². The molecule has 4 rings (SSSR count). The van der Waals surface area contributed by atoms with E-state index >= 15 is 4.39 Å². The maximum atomic E-state index is 15.2. The van der Waals surface area contributed by atoms with Gasteiger partial charge in [0, 0.05) is 26.1 Å². The summed E-state index contributed by atoms with van der Waals surface area (Å²) >= 11 is 6.34. The SMILES string of the molecule is C[C@@H](Nc1n[n+](C)nc2nc(Cl)c(C3(C#N)CC3)cc12)c1cccc(C(F)(F)C(C)(C)O)c1F. The molecule has 0 aliphatic heterocycles. The fraction of sp³-hybridized carbons (Fsp3) is 0.435. The average Bonchev–Trinajstić information content (AvgIpc) is 3.53. The fourth-order valence-corrected chi connectivity index (χ4v) is 4.15. The third-order valence-electron chi connectivity index (χ3n) is 6.13. The molecule has 2 heterocycles. The van der Waals surface area contributed by atoms with E-state index in [4.69, 9.17) is 11.6 Å². The molecule has 11 heteroatoms. The van der Waals surface area contributed by atoms with Crippen molar-refractivity contribution in [1.82, 2.24) is 15.2 Å². The molecule has 1 aliphatic carbocycles. The second-order valence-electron chi connectivity index (χ2n) is 9.14. The van der Waals surface area contributed by atoms with Crippen LogP contribution in [0.2, 0.25) is 5.15 Å². The first-order valence-electron chi connectivity index (χ1n) is 10.6. The zero-order valence-electron chi connectivity index (χ0n) is 19.0. The number of halogens is 4. The molecule has 178 valence electrons. The van der Waals surface area contributed by atoms with Gasteiger partial charge < -0.3 is 10.4 Å². The van der Waals surface area contributed by atoms with Crippen LogP contribution in [0, 0.1) is 17.1 Å². The van der Waals surface area contributed by atoms with Gasteiger partial charge in [-0.2, -0.15) is 14.0 Å². The number of rotatable bonds is 6. The predicted molar refractivity (Wildman–Crippen MR) is 119 cm³/mol. The molecule has 0 radical (unpaired) electrons. The number of hydrogen-bond donors (Lipinski definition) is 2. The summed E-state index contributed by atoms with van der Waals surface area (Å²) in [6, 6.07) is 6.84. The minimum absolute atomic E-state index is 0.0336. The maximum Gasteiger partial charge on any atom is 0.303 e. The smallest absolute Gasteiger partial charge is 0.303 e. The molecule has 1 saturated carbocycles. The number of fused-ring (bicyclic) bond motifs is 1. The number of pyridine rings is 1. The largest absolute Gasteiger partial charge is 0.384 e. The van der Waals surface area contributed by atoms with Crippen LogP contribution in [0.4, 0.5) is 19.0 Å². The lowest BCUT2D eigenvalue weighted by Gasteiger charge is -2.30. The van der Waals surface area contributed by atoms with Crippen LogP contribution in [0.25, 0.3) is 11.0 Å². The van der Waals surface area contributed by atoms with E-state index < -0.39 is 34.4 Å². The Hall–Kier alpha value is -3.03. The van der Waals surface area contributed by atoms with E-state index in [2.05, 4.69) is 26.6 Å². The van der Waals surface area contributed by atoms with Gasteiger partial charge in [-0.05, 0) is 45.7 Å². The summed E-state index contributed by atoms with van der Waals surface area (Å²) in [4.78, 5) is 5.58.